The highest BCUT2D eigenvalue weighted by atomic mass is 16.2. The second-order valence-corrected chi connectivity index (χ2v) is 7.64. The number of benzene rings is 1. The molecular weight excluding hydrogens is 314 g/mol. The fourth-order valence-electron chi connectivity index (χ4n) is 3.34. The molecule has 0 aliphatic carbocycles. The van der Waals surface area contributed by atoms with Crippen LogP contribution in [-0.2, 0) is 16.8 Å². The summed E-state index contributed by atoms with van der Waals surface area (Å²) in [4.78, 5) is 26.4. The lowest BCUT2D eigenvalue weighted by molar-refractivity contribution is -0.133. The number of hydrogen-bond donors (Lipinski definition) is 0. The molecule has 2 aromatic rings. The zero-order valence-electron chi connectivity index (χ0n) is 15.1. The van der Waals surface area contributed by atoms with E-state index in [1.165, 1.54) is 22.5 Å². The van der Waals surface area contributed by atoms with Crippen LogP contribution in [0.15, 0.2) is 47.4 Å². The average Bonchev–Trinajstić information content (AvgIpc) is 3.06. The molecule has 0 radical (unpaired) electrons. The Morgan fingerprint density at radius 1 is 1.20 bits per heavy atom. The van der Waals surface area contributed by atoms with Crippen molar-refractivity contribution in [3.05, 3.63) is 64.1 Å². The third kappa shape index (κ3) is 3.81. The number of rotatable bonds is 3. The van der Waals surface area contributed by atoms with Crippen molar-refractivity contribution in [3.63, 3.8) is 0 Å². The highest BCUT2D eigenvalue weighted by Crippen LogP contribution is 2.33. The Balaban J connectivity index is 1.77. The number of hydrogen-bond acceptors (Lipinski definition) is 3. The maximum Gasteiger partial charge on any atom is 0.267 e. The van der Waals surface area contributed by atoms with Gasteiger partial charge in [0, 0.05) is 18.8 Å². The van der Waals surface area contributed by atoms with E-state index in [1.54, 1.807) is 6.07 Å². The molecule has 25 heavy (non-hydrogen) atoms. The number of aromatic nitrogens is 2. The van der Waals surface area contributed by atoms with Gasteiger partial charge in [-0.1, -0.05) is 45.0 Å². The molecule has 1 aromatic carbocycles. The minimum absolute atomic E-state index is 0.00372. The predicted molar refractivity (Wildman–Crippen MR) is 97.3 cm³/mol. The Hall–Kier alpha value is -2.43. The van der Waals surface area contributed by atoms with Gasteiger partial charge in [-0.25, -0.2) is 4.68 Å². The average molecular weight is 339 g/mol. The molecule has 5 nitrogen and oxygen atoms in total. The first-order valence-electron chi connectivity index (χ1n) is 8.78. The summed E-state index contributed by atoms with van der Waals surface area (Å²) in [6.07, 6.45) is 3.47. The first kappa shape index (κ1) is 17.4. The number of likely N-dealkylation sites (tertiary alicyclic amines) is 1. The van der Waals surface area contributed by atoms with Gasteiger partial charge in [-0.3, -0.25) is 9.59 Å². The monoisotopic (exact) mass is 339 g/mol. The first-order valence-corrected chi connectivity index (χ1v) is 8.78. The lowest BCUT2D eigenvalue weighted by Gasteiger charge is -2.26. The van der Waals surface area contributed by atoms with Crippen LogP contribution in [0.1, 0.15) is 50.8 Å². The van der Waals surface area contributed by atoms with E-state index in [0.29, 0.717) is 0 Å². The fourth-order valence-corrected chi connectivity index (χ4v) is 3.34. The quantitative estimate of drug-likeness (QED) is 0.864. The van der Waals surface area contributed by atoms with Gasteiger partial charge in [0.15, 0.2) is 0 Å². The highest BCUT2D eigenvalue weighted by Gasteiger charge is 2.30. The lowest BCUT2D eigenvalue weighted by Crippen LogP contribution is -2.36. The van der Waals surface area contributed by atoms with Gasteiger partial charge in [0.25, 0.3) is 5.56 Å². The summed E-state index contributed by atoms with van der Waals surface area (Å²) in [6.45, 7) is 7.30. The number of amides is 1. The topological polar surface area (TPSA) is 55.2 Å². The summed E-state index contributed by atoms with van der Waals surface area (Å²) in [5, 5.41) is 3.98. The molecule has 1 fully saturated rings. The van der Waals surface area contributed by atoms with Crippen LogP contribution in [-0.4, -0.2) is 27.1 Å². The van der Waals surface area contributed by atoms with E-state index in [4.69, 9.17) is 0 Å². The molecule has 0 spiro atoms. The first-order chi connectivity index (χ1) is 11.9. The van der Waals surface area contributed by atoms with Crippen molar-refractivity contribution in [1.82, 2.24) is 14.7 Å². The van der Waals surface area contributed by atoms with Crippen LogP contribution in [0.5, 0.6) is 0 Å². The minimum Gasteiger partial charge on any atom is -0.334 e. The Morgan fingerprint density at radius 2 is 1.92 bits per heavy atom. The van der Waals surface area contributed by atoms with Gasteiger partial charge in [0.05, 0.1) is 6.04 Å². The van der Waals surface area contributed by atoms with E-state index < -0.39 is 0 Å². The molecular formula is C20H25N3O2. The summed E-state index contributed by atoms with van der Waals surface area (Å²) in [5.74, 6) is -0.0526. The maximum atomic E-state index is 12.7. The highest BCUT2D eigenvalue weighted by molar-refractivity contribution is 5.76. The summed E-state index contributed by atoms with van der Waals surface area (Å²) in [7, 11) is 0. The predicted octanol–water partition coefficient (Wildman–Crippen LogP) is 2.90. The van der Waals surface area contributed by atoms with Crippen molar-refractivity contribution in [2.24, 2.45) is 0 Å². The second-order valence-electron chi connectivity index (χ2n) is 7.64. The van der Waals surface area contributed by atoms with Crippen LogP contribution in [0.4, 0.5) is 0 Å². The Bertz CT molecular complexity index is 803. The number of carbonyl (C=O) groups excluding carboxylic acids is 1. The third-order valence-electron chi connectivity index (χ3n) is 4.80. The molecule has 1 aromatic heterocycles. The molecule has 1 saturated heterocycles. The van der Waals surface area contributed by atoms with Crippen LogP contribution in [0.25, 0.3) is 0 Å². The van der Waals surface area contributed by atoms with E-state index in [2.05, 4.69) is 50.1 Å². The molecule has 0 unspecified atom stereocenters. The molecule has 132 valence electrons. The van der Waals surface area contributed by atoms with Gasteiger partial charge in [-0.2, -0.15) is 5.10 Å². The third-order valence-corrected chi connectivity index (χ3v) is 4.80. The summed E-state index contributed by atoms with van der Waals surface area (Å²) >= 11 is 0. The summed E-state index contributed by atoms with van der Waals surface area (Å²) in [6, 6.07) is 11.7. The van der Waals surface area contributed by atoms with E-state index in [1.807, 2.05) is 4.90 Å². The van der Waals surface area contributed by atoms with Crippen molar-refractivity contribution in [2.75, 3.05) is 6.54 Å². The van der Waals surface area contributed by atoms with Gasteiger partial charge in [0.2, 0.25) is 5.91 Å². The van der Waals surface area contributed by atoms with E-state index in [-0.39, 0.29) is 29.5 Å². The molecule has 0 N–H and O–H groups in total. The Morgan fingerprint density at radius 3 is 2.56 bits per heavy atom. The molecule has 3 rings (SSSR count). The summed E-state index contributed by atoms with van der Waals surface area (Å²) in [5.41, 5.74) is 2.31. The van der Waals surface area contributed by atoms with Crippen molar-refractivity contribution in [2.45, 2.75) is 51.6 Å². The van der Waals surface area contributed by atoms with E-state index >= 15 is 0 Å². The van der Waals surface area contributed by atoms with Crippen molar-refractivity contribution in [3.8, 4) is 0 Å². The molecule has 1 amide bonds. The standard InChI is InChI=1S/C20H25N3O2/c1-20(2,3)16-10-8-15(9-11-16)17-6-5-13-22(17)19(25)14-23-18(24)7-4-12-21-23/h4,7-12,17H,5-6,13-14H2,1-3H3/t17-/m0/s1. The van der Waals surface area contributed by atoms with Gasteiger partial charge < -0.3 is 4.90 Å². The largest absolute Gasteiger partial charge is 0.334 e. The fraction of sp³-hybridized carbons (Fsp3) is 0.450. The molecule has 1 atom stereocenters. The number of nitrogens with zero attached hydrogens (tertiary/aromatic N) is 3. The Labute approximate surface area is 148 Å². The van der Waals surface area contributed by atoms with Crippen molar-refractivity contribution in [1.29, 1.82) is 0 Å². The molecule has 2 heterocycles. The van der Waals surface area contributed by atoms with Crippen molar-refractivity contribution >= 4 is 5.91 Å². The van der Waals surface area contributed by atoms with Crippen molar-refractivity contribution < 1.29 is 4.79 Å². The molecule has 5 heteroatoms. The second kappa shape index (κ2) is 6.82. The summed E-state index contributed by atoms with van der Waals surface area (Å²) < 4.78 is 1.22. The van der Waals surface area contributed by atoms with E-state index in [0.717, 1.165) is 24.9 Å². The van der Waals surface area contributed by atoms with Crippen LogP contribution < -0.4 is 5.56 Å². The smallest absolute Gasteiger partial charge is 0.267 e. The van der Waals surface area contributed by atoms with Crippen LogP contribution >= 0.6 is 0 Å². The van der Waals surface area contributed by atoms with Gasteiger partial charge in [-0.15, -0.1) is 0 Å². The zero-order valence-corrected chi connectivity index (χ0v) is 15.1. The molecule has 1 aliphatic heterocycles. The maximum absolute atomic E-state index is 12.7. The van der Waals surface area contributed by atoms with Gasteiger partial charge >= 0.3 is 0 Å². The normalized spacial score (nSPS) is 17.7. The molecule has 0 bridgehead atoms. The van der Waals surface area contributed by atoms with Gasteiger partial charge in [-0.05, 0) is 35.4 Å². The minimum atomic E-state index is -0.249. The van der Waals surface area contributed by atoms with E-state index in [9.17, 15) is 9.59 Å². The van der Waals surface area contributed by atoms with Gasteiger partial charge in [0.1, 0.15) is 6.54 Å². The van der Waals surface area contributed by atoms with Crippen LogP contribution in [0.3, 0.4) is 0 Å². The molecule has 0 saturated carbocycles. The zero-order chi connectivity index (χ0) is 18.0. The number of carbonyl (C=O) groups is 1. The lowest BCUT2D eigenvalue weighted by atomic mass is 9.86. The Kier molecular flexibility index (Phi) is 4.75. The SMILES string of the molecule is CC(C)(C)c1ccc([C@@H]2CCCN2C(=O)Cn2ncccc2=O)cc1. The van der Waals surface area contributed by atoms with Crippen LogP contribution in [0.2, 0.25) is 0 Å². The molecule has 1 aliphatic rings. The van der Waals surface area contributed by atoms with Crippen LogP contribution in [0, 0.1) is 0 Å².